The molecule has 1 aliphatic heterocycles. The number of Topliss-reactive ketones (excluding diaryl/α,β-unsaturated/α-hetero) is 1. The number of hydrogen-bond acceptors (Lipinski definition) is 8. The van der Waals surface area contributed by atoms with Gasteiger partial charge >= 0.3 is 0 Å². The molecule has 1 aliphatic rings. The number of pyridine rings is 2. The monoisotopic (exact) mass is 696 g/mol. The maximum absolute atomic E-state index is 12.9. The van der Waals surface area contributed by atoms with E-state index in [0.29, 0.717) is 35.6 Å². The van der Waals surface area contributed by atoms with Gasteiger partial charge in [0.2, 0.25) is 0 Å². The molecule has 5 rings (SSSR count). The van der Waals surface area contributed by atoms with Crippen LogP contribution in [0, 0.1) is 10.5 Å². The minimum absolute atomic E-state index is 0.116. The number of sulfone groups is 1. The van der Waals surface area contributed by atoms with Crippen LogP contribution in [-0.2, 0) is 14.6 Å². The number of nitrogens with zero attached hydrogens (tertiary/aromatic N) is 3. The van der Waals surface area contributed by atoms with Crippen LogP contribution in [0.1, 0.15) is 35.3 Å². The van der Waals surface area contributed by atoms with Gasteiger partial charge in [0, 0.05) is 39.4 Å². The van der Waals surface area contributed by atoms with Gasteiger partial charge in [-0.15, -0.1) is 0 Å². The summed E-state index contributed by atoms with van der Waals surface area (Å²) < 4.78 is 36.8. The summed E-state index contributed by atoms with van der Waals surface area (Å²) in [4.78, 5) is 24.3. The Hall–Kier alpha value is -3.48. The molecule has 1 saturated heterocycles. The van der Waals surface area contributed by atoms with Gasteiger partial charge < -0.3 is 15.0 Å². The molecule has 10 heteroatoms. The number of nitrogens with one attached hydrogen (secondary N) is 1. The number of carbonyl (C=O) groups excluding carboxylic acids is 1. The number of anilines is 3. The summed E-state index contributed by atoms with van der Waals surface area (Å²) in [6.45, 7) is 12.4. The molecule has 218 valence electrons. The molecule has 0 amide bonds. The van der Waals surface area contributed by atoms with E-state index >= 15 is 0 Å². The number of benzene rings is 2. The zero-order valence-electron chi connectivity index (χ0n) is 24.1. The Kier molecular flexibility index (Phi) is 8.58. The van der Waals surface area contributed by atoms with Crippen LogP contribution >= 0.6 is 20.7 Å². The van der Waals surface area contributed by atoms with Crippen LogP contribution < -0.4 is 10.2 Å². The van der Waals surface area contributed by atoms with Crippen LogP contribution in [0.5, 0.6) is 0 Å². The van der Waals surface area contributed by atoms with Crippen LogP contribution in [0.3, 0.4) is 0 Å². The van der Waals surface area contributed by atoms with Gasteiger partial charge in [-0.05, 0) is 62.2 Å². The fourth-order valence-electron chi connectivity index (χ4n) is 5.10. The van der Waals surface area contributed by atoms with E-state index < -0.39 is 30.6 Å². The smallest absolute Gasteiger partial charge is 0.176 e. The summed E-state index contributed by atoms with van der Waals surface area (Å²) in [5.74, 6) is -0.159. The van der Waals surface area contributed by atoms with Gasteiger partial charge in [0.15, 0.2) is 15.6 Å². The van der Waals surface area contributed by atoms with E-state index in [9.17, 15) is 13.2 Å². The minimum Gasteiger partial charge on any atom is -0.378 e. The van der Waals surface area contributed by atoms with Crippen LogP contribution in [0.25, 0.3) is 27.7 Å². The largest absolute Gasteiger partial charge is 0.378 e. The molecule has 2 aromatic carbocycles. The van der Waals surface area contributed by atoms with Gasteiger partial charge in [0.25, 0.3) is 0 Å². The van der Waals surface area contributed by atoms with Crippen molar-refractivity contribution in [3.05, 3.63) is 75.6 Å². The number of halogens is 1. The van der Waals surface area contributed by atoms with E-state index in [1.54, 1.807) is 18.3 Å². The van der Waals surface area contributed by atoms with Crippen molar-refractivity contribution in [2.24, 2.45) is 0 Å². The molecule has 1 N–H and O–H groups in total. The number of hydrogen-bond donors (Lipinski definition) is 1. The number of fused-ring (bicyclic) bond motifs is 1. The van der Waals surface area contributed by atoms with Gasteiger partial charge in [-0.3, -0.25) is 9.78 Å². The van der Waals surface area contributed by atoms with E-state index in [0.717, 1.165) is 55.8 Å². The first-order valence-corrected chi connectivity index (χ1v) is 17.9. The summed E-state index contributed by atoms with van der Waals surface area (Å²) in [6.07, 6.45) is 4.79. The van der Waals surface area contributed by atoms with E-state index in [-0.39, 0.29) is 10.7 Å². The van der Waals surface area contributed by atoms with Crippen LogP contribution in [-0.4, -0.2) is 61.2 Å². The third-order valence-electron chi connectivity index (χ3n) is 7.33. The third kappa shape index (κ3) is 6.02. The average Bonchev–Trinajstić information content (AvgIpc) is 2.97. The Labute approximate surface area is 256 Å². The normalized spacial score (nSPS) is 13.8. The number of morpholine rings is 1. The van der Waals surface area contributed by atoms with Crippen LogP contribution in [0.2, 0.25) is 0 Å². The lowest BCUT2D eigenvalue weighted by Gasteiger charge is -2.29. The molecule has 0 unspecified atom stereocenters. The second kappa shape index (κ2) is 12.0. The Balaban J connectivity index is 1.80. The molecule has 8 nitrogen and oxygen atoms in total. The molecule has 42 heavy (non-hydrogen) atoms. The number of ketones is 1. The Bertz CT molecular complexity index is 1860. The topological polar surface area (TPSA) is 101 Å². The van der Waals surface area contributed by atoms with Crippen molar-refractivity contribution in [2.45, 2.75) is 25.7 Å². The molecular formula is C32H33IN4O4S. The first kappa shape index (κ1) is 30.0. The molecule has 3 heterocycles. The zero-order chi connectivity index (χ0) is 30.2. The van der Waals surface area contributed by atoms with Gasteiger partial charge in [-0.1, -0.05) is 43.5 Å². The summed E-state index contributed by atoms with van der Waals surface area (Å²) in [7, 11) is -3.63. The lowest BCUT2D eigenvalue weighted by Crippen LogP contribution is -2.36. The predicted molar refractivity (Wildman–Crippen MR) is 180 cm³/mol. The highest BCUT2D eigenvalue weighted by atomic mass is 127. The maximum atomic E-state index is 12.9. The van der Waals surface area contributed by atoms with Crippen molar-refractivity contribution in [3.63, 3.8) is 0 Å². The highest BCUT2D eigenvalue weighted by Gasteiger charge is 2.23. The van der Waals surface area contributed by atoms with Crippen molar-refractivity contribution in [1.82, 2.24) is 9.97 Å². The molecule has 0 spiro atoms. The van der Waals surface area contributed by atoms with Crippen molar-refractivity contribution >= 4 is 74.4 Å². The zero-order valence-corrected chi connectivity index (χ0v) is 27.1. The fourth-order valence-corrected chi connectivity index (χ4v) is 7.45. The Morgan fingerprint density at radius 2 is 1.81 bits per heavy atom. The molecule has 2 aromatic heterocycles. The number of aromatic nitrogens is 2. The summed E-state index contributed by atoms with van der Waals surface area (Å²) in [6, 6.07) is 10.8. The first-order chi connectivity index (χ1) is 20.0. The van der Waals surface area contributed by atoms with Gasteiger partial charge in [0.05, 0.1) is 58.8 Å². The predicted octanol–water partition coefficient (Wildman–Crippen LogP) is 6.40. The van der Waals surface area contributed by atoms with Crippen molar-refractivity contribution < 1.29 is 17.9 Å². The van der Waals surface area contributed by atoms with Crippen molar-refractivity contribution in [2.75, 3.05) is 42.8 Å². The van der Waals surface area contributed by atoms with E-state index in [2.05, 4.69) is 38.4 Å². The highest BCUT2D eigenvalue weighted by molar-refractivity contribution is 14.2. The lowest BCUT2D eigenvalue weighted by atomic mass is 9.97. The molecule has 0 aliphatic carbocycles. The summed E-state index contributed by atoms with van der Waals surface area (Å²) in [5.41, 5.74) is 7.16. The fraction of sp³-hybridized carbons (Fsp3) is 0.250. The molecule has 4 aromatic rings. The molecule has 0 saturated carbocycles. The minimum atomic E-state index is -3.63. The van der Waals surface area contributed by atoms with Crippen molar-refractivity contribution in [3.8, 4) is 11.3 Å². The lowest BCUT2D eigenvalue weighted by molar-refractivity contribution is 0.101. The molecular weight excluding hydrogens is 663 g/mol. The van der Waals surface area contributed by atoms with E-state index in [1.807, 2.05) is 26.1 Å². The highest BCUT2D eigenvalue weighted by Crippen LogP contribution is 2.41. The third-order valence-corrected chi connectivity index (χ3v) is 10.2. The number of carbonyl (C=O) groups is 1. The van der Waals surface area contributed by atoms with E-state index in [4.69, 9.17) is 9.72 Å². The van der Waals surface area contributed by atoms with Crippen LogP contribution in [0.4, 0.5) is 17.1 Å². The standard InChI is InChI=1S/C32H33IN4O4S/c1-19(2)23-14-27(33-5)30-28(15-23)36-31(26-13-22(21(4)38)7-8-29(26)42(6,39)40)20(3)32(30)35-24-16-25(18-34-17-24)37-9-11-41-12-10-37/h7-8,13-18H,1,5,9-12H2,2-4,6H3,(H,35,36). The Morgan fingerprint density at radius 1 is 1.07 bits per heavy atom. The molecule has 1 fully saturated rings. The van der Waals surface area contributed by atoms with Gasteiger partial charge in [-0.2, -0.15) is 0 Å². The van der Waals surface area contributed by atoms with Gasteiger partial charge in [-0.25, -0.2) is 13.4 Å². The second-order valence-electron chi connectivity index (χ2n) is 10.4. The van der Waals surface area contributed by atoms with Crippen LogP contribution in [0.15, 0.2) is 60.3 Å². The maximum Gasteiger partial charge on any atom is 0.176 e. The van der Waals surface area contributed by atoms with Gasteiger partial charge in [0.1, 0.15) is 0 Å². The SMILES string of the molecule is C=Ic1cc(C(=C)C)cc2nc(-c3cc(C(C)=O)ccc3S(C)(=O)=O)c(C)c(Nc3cncc(N4CCOCC4)c3)c12. The summed E-state index contributed by atoms with van der Waals surface area (Å²) >= 11 is -0.612. The number of allylic oxidation sites excluding steroid dienone is 1. The second-order valence-corrected chi connectivity index (χ2v) is 14.3. The van der Waals surface area contributed by atoms with Crippen molar-refractivity contribution in [1.29, 1.82) is 0 Å². The number of ether oxygens (including phenoxy) is 1. The molecule has 0 bridgehead atoms. The Morgan fingerprint density at radius 3 is 2.45 bits per heavy atom. The summed E-state index contributed by atoms with van der Waals surface area (Å²) in [5, 5.41) is 4.55. The molecule has 0 atom stereocenters. The first-order valence-electron chi connectivity index (χ1n) is 13.4. The van der Waals surface area contributed by atoms with E-state index in [1.165, 1.54) is 19.2 Å². The average molecular weight is 697 g/mol. The number of rotatable bonds is 8. The quantitative estimate of drug-likeness (QED) is 0.167. The molecule has 0 radical (unpaired) electrons.